The molecule has 0 aliphatic carbocycles. The highest BCUT2D eigenvalue weighted by Gasteiger charge is 2.34. The molecule has 1 fully saturated rings. The number of likely N-dealkylation sites (N-methyl/N-ethyl adjacent to an activating group) is 1. The highest BCUT2D eigenvalue weighted by Crippen LogP contribution is 2.26. The Hall–Kier alpha value is -2.44. The third kappa shape index (κ3) is 5.18. The van der Waals surface area contributed by atoms with Gasteiger partial charge in [-0.2, -0.15) is 0 Å². The Balaban J connectivity index is 1.63. The number of hydrogen-bond acceptors (Lipinski definition) is 2. The summed E-state index contributed by atoms with van der Waals surface area (Å²) in [4.78, 5) is 30.0. The molecule has 1 heterocycles. The first-order valence-corrected chi connectivity index (χ1v) is 11.3. The molecule has 2 aromatic rings. The summed E-state index contributed by atoms with van der Waals surface area (Å²) < 4.78 is 0. The van der Waals surface area contributed by atoms with Crippen LogP contribution in [0, 0.1) is 0 Å². The molecule has 1 saturated heterocycles. The van der Waals surface area contributed by atoms with Gasteiger partial charge in [-0.05, 0) is 31.7 Å². The fourth-order valence-electron chi connectivity index (χ4n) is 4.39. The molecule has 1 aliphatic heterocycles. The van der Waals surface area contributed by atoms with E-state index in [1.807, 2.05) is 43.0 Å². The fraction of sp³-hybridized carbons (Fsp3) is 0.500. The molecule has 0 spiro atoms. The summed E-state index contributed by atoms with van der Waals surface area (Å²) in [7, 11) is 0. The van der Waals surface area contributed by atoms with Crippen molar-refractivity contribution in [3.63, 3.8) is 0 Å². The van der Waals surface area contributed by atoms with Gasteiger partial charge in [-0.25, -0.2) is 0 Å². The summed E-state index contributed by atoms with van der Waals surface area (Å²) >= 11 is 0. The number of carbonyl (C=O) groups is 2. The molecule has 0 bridgehead atoms. The van der Waals surface area contributed by atoms with Crippen LogP contribution in [0.4, 0.5) is 5.69 Å². The molecule has 0 aromatic heterocycles. The molecule has 162 valence electrons. The minimum Gasteiger partial charge on any atom is -0.351 e. The summed E-state index contributed by atoms with van der Waals surface area (Å²) in [5.74, 6) is 0.306. The molecular formula is C24H36N4O2+2. The zero-order valence-corrected chi connectivity index (χ0v) is 18.5. The summed E-state index contributed by atoms with van der Waals surface area (Å²) in [6.07, 6.45) is 0.962. The molecule has 1 atom stereocenters. The molecule has 6 nitrogen and oxygen atoms in total. The van der Waals surface area contributed by atoms with Crippen LogP contribution in [0.3, 0.4) is 0 Å². The van der Waals surface area contributed by atoms with Crippen molar-refractivity contribution in [1.29, 1.82) is 0 Å². The molecule has 2 amide bonds. The monoisotopic (exact) mass is 412 g/mol. The van der Waals surface area contributed by atoms with Gasteiger partial charge >= 0.3 is 0 Å². The summed E-state index contributed by atoms with van der Waals surface area (Å²) in [5.41, 5.74) is 0.990. The molecule has 0 unspecified atom stereocenters. The quantitative estimate of drug-likeness (QED) is 0.567. The SMILES string of the molecule is CCCNC(=O)C[NH+]1CC[NH+]([C@H](C)C(=O)N(CC)c2cccc3ccccc23)CC1. The summed E-state index contributed by atoms with van der Waals surface area (Å²) in [6.45, 7) is 11.8. The van der Waals surface area contributed by atoms with Crippen LogP contribution in [-0.2, 0) is 9.59 Å². The Morgan fingerprint density at radius 3 is 2.43 bits per heavy atom. The van der Waals surface area contributed by atoms with Gasteiger partial charge in [0.2, 0.25) is 0 Å². The van der Waals surface area contributed by atoms with Crippen molar-refractivity contribution in [2.45, 2.75) is 33.2 Å². The molecule has 0 saturated carbocycles. The number of hydrogen-bond donors (Lipinski definition) is 3. The van der Waals surface area contributed by atoms with E-state index in [2.05, 4.69) is 30.4 Å². The van der Waals surface area contributed by atoms with E-state index in [0.29, 0.717) is 13.1 Å². The van der Waals surface area contributed by atoms with Crippen molar-refractivity contribution in [1.82, 2.24) is 5.32 Å². The first-order valence-electron chi connectivity index (χ1n) is 11.3. The van der Waals surface area contributed by atoms with Crippen LogP contribution in [0.15, 0.2) is 42.5 Å². The Morgan fingerprint density at radius 2 is 1.73 bits per heavy atom. The third-order valence-electron chi connectivity index (χ3n) is 6.20. The number of quaternary nitrogens is 2. The first-order chi connectivity index (χ1) is 14.5. The molecular weight excluding hydrogens is 376 g/mol. The van der Waals surface area contributed by atoms with E-state index in [1.54, 1.807) is 0 Å². The topological polar surface area (TPSA) is 58.3 Å². The van der Waals surface area contributed by atoms with Crippen molar-refractivity contribution in [2.24, 2.45) is 0 Å². The maximum absolute atomic E-state index is 13.4. The number of rotatable bonds is 8. The van der Waals surface area contributed by atoms with E-state index in [4.69, 9.17) is 0 Å². The van der Waals surface area contributed by atoms with Gasteiger partial charge in [-0.3, -0.25) is 9.59 Å². The van der Waals surface area contributed by atoms with Gasteiger partial charge in [-0.15, -0.1) is 0 Å². The highest BCUT2D eigenvalue weighted by molar-refractivity contribution is 6.04. The van der Waals surface area contributed by atoms with Crippen LogP contribution < -0.4 is 20.0 Å². The van der Waals surface area contributed by atoms with Crippen molar-refractivity contribution in [2.75, 3.05) is 50.7 Å². The van der Waals surface area contributed by atoms with Gasteiger partial charge in [0, 0.05) is 18.5 Å². The van der Waals surface area contributed by atoms with Crippen molar-refractivity contribution < 1.29 is 19.4 Å². The summed E-state index contributed by atoms with van der Waals surface area (Å²) in [6, 6.07) is 14.3. The lowest BCUT2D eigenvalue weighted by Crippen LogP contribution is -3.30. The molecule has 2 aromatic carbocycles. The second kappa shape index (κ2) is 10.5. The van der Waals surface area contributed by atoms with Gasteiger partial charge < -0.3 is 20.0 Å². The van der Waals surface area contributed by atoms with Gasteiger partial charge in [0.25, 0.3) is 11.8 Å². The Morgan fingerprint density at radius 1 is 1.03 bits per heavy atom. The smallest absolute Gasteiger partial charge is 0.284 e. The van der Waals surface area contributed by atoms with Crippen LogP contribution in [0.5, 0.6) is 0 Å². The summed E-state index contributed by atoms with van der Waals surface area (Å²) in [5, 5.41) is 5.23. The Labute approximate surface area is 179 Å². The Bertz CT molecular complexity index is 856. The minimum atomic E-state index is -0.0978. The van der Waals surface area contributed by atoms with E-state index in [1.165, 1.54) is 9.80 Å². The van der Waals surface area contributed by atoms with Crippen LogP contribution >= 0.6 is 0 Å². The number of benzene rings is 2. The first kappa shape index (κ1) is 22.2. The predicted octanol–water partition coefficient (Wildman–Crippen LogP) is -0.109. The van der Waals surface area contributed by atoms with Gasteiger partial charge in [0.15, 0.2) is 12.6 Å². The number of carbonyl (C=O) groups excluding carboxylic acids is 2. The maximum atomic E-state index is 13.4. The van der Waals surface area contributed by atoms with E-state index in [9.17, 15) is 9.59 Å². The molecule has 3 N–H and O–H groups in total. The molecule has 0 radical (unpaired) electrons. The highest BCUT2D eigenvalue weighted by atomic mass is 16.2. The number of piperazine rings is 1. The second-order valence-electron chi connectivity index (χ2n) is 8.24. The number of nitrogens with one attached hydrogen (secondary N) is 3. The van der Waals surface area contributed by atoms with Crippen LogP contribution in [0.25, 0.3) is 10.8 Å². The van der Waals surface area contributed by atoms with Crippen molar-refractivity contribution in [3.05, 3.63) is 42.5 Å². The number of fused-ring (bicyclic) bond motifs is 1. The number of nitrogens with zero attached hydrogens (tertiary/aromatic N) is 1. The minimum absolute atomic E-state index is 0.0978. The number of amides is 2. The van der Waals surface area contributed by atoms with E-state index >= 15 is 0 Å². The average Bonchev–Trinajstić information content (AvgIpc) is 2.78. The molecule has 30 heavy (non-hydrogen) atoms. The van der Waals surface area contributed by atoms with Gasteiger partial charge in [-0.1, -0.05) is 43.3 Å². The van der Waals surface area contributed by atoms with Gasteiger partial charge in [0.1, 0.15) is 26.2 Å². The lowest BCUT2D eigenvalue weighted by atomic mass is 10.1. The zero-order valence-electron chi connectivity index (χ0n) is 18.5. The van der Waals surface area contributed by atoms with E-state index in [0.717, 1.165) is 55.6 Å². The van der Waals surface area contributed by atoms with Crippen LogP contribution in [0.2, 0.25) is 0 Å². The van der Waals surface area contributed by atoms with Gasteiger partial charge in [0.05, 0.1) is 5.69 Å². The lowest BCUT2D eigenvalue weighted by molar-refractivity contribution is -1.01. The predicted molar refractivity (Wildman–Crippen MR) is 121 cm³/mol. The molecule has 1 aliphatic rings. The standard InChI is InChI=1S/C24H34N4O2/c1-4-13-25-23(29)18-26-14-16-27(17-15-26)19(3)24(30)28(5-2)22-12-8-10-20-9-6-7-11-21(20)22/h6-12,19H,4-5,13-18H2,1-3H3,(H,25,29)/p+2/t19-/m1/s1. The normalized spacial score (nSPS) is 20.0. The fourth-order valence-corrected chi connectivity index (χ4v) is 4.39. The van der Waals surface area contributed by atoms with Crippen LogP contribution in [-0.4, -0.2) is 63.7 Å². The Kier molecular flexibility index (Phi) is 7.82. The largest absolute Gasteiger partial charge is 0.351 e. The number of anilines is 1. The lowest BCUT2D eigenvalue weighted by Gasteiger charge is -2.34. The second-order valence-corrected chi connectivity index (χ2v) is 8.24. The van der Waals surface area contributed by atoms with Crippen molar-refractivity contribution >= 4 is 28.3 Å². The molecule has 6 heteroatoms. The molecule has 3 rings (SSSR count). The van der Waals surface area contributed by atoms with Crippen molar-refractivity contribution in [3.8, 4) is 0 Å². The third-order valence-corrected chi connectivity index (χ3v) is 6.20. The average molecular weight is 413 g/mol. The zero-order chi connectivity index (χ0) is 21.5. The van der Waals surface area contributed by atoms with E-state index < -0.39 is 0 Å². The van der Waals surface area contributed by atoms with Crippen LogP contribution in [0.1, 0.15) is 27.2 Å². The maximum Gasteiger partial charge on any atom is 0.284 e. The van der Waals surface area contributed by atoms with E-state index in [-0.39, 0.29) is 17.9 Å².